The number of carbonyl (C=O) groups is 1. The summed E-state index contributed by atoms with van der Waals surface area (Å²) in [6, 6.07) is -0.113. The van der Waals surface area contributed by atoms with Gasteiger partial charge in [0, 0.05) is 19.6 Å². The number of hydrogen-bond acceptors (Lipinski definition) is 3. The van der Waals surface area contributed by atoms with Crippen molar-refractivity contribution in [3.05, 3.63) is 0 Å². The van der Waals surface area contributed by atoms with E-state index in [1.165, 1.54) is 12.8 Å². The molecule has 5 heteroatoms. The van der Waals surface area contributed by atoms with Crippen molar-refractivity contribution < 1.29 is 9.53 Å². The quantitative estimate of drug-likeness (QED) is 0.795. The highest BCUT2D eigenvalue weighted by Crippen LogP contribution is 2.29. The molecule has 0 radical (unpaired) electrons. The molecule has 4 nitrogen and oxygen atoms in total. The van der Waals surface area contributed by atoms with Crippen LogP contribution in [-0.2, 0) is 9.53 Å². The Hall–Kier alpha value is -0.320. The molecule has 1 heterocycles. The highest BCUT2D eigenvalue weighted by atomic mass is 35.5. The predicted molar refractivity (Wildman–Crippen MR) is 64.8 cm³/mol. The van der Waals surface area contributed by atoms with Crippen LogP contribution < -0.4 is 5.32 Å². The maximum atomic E-state index is 12.1. The van der Waals surface area contributed by atoms with Crippen molar-refractivity contribution >= 4 is 18.3 Å². The lowest BCUT2D eigenvalue weighted by atomic mass is 10.2. The Morgan fingerprint density at radius 2 is 2.25 bits per heavy atom. The average Bonchev–Trinajstić information content (AvgIpc) is 3.10. The van der Waals surface area contributed by atoms with Crippen LogP contribution in [0.1, 0.15) is 19.8 Å². The SMILES string of the molecule is CCN(CC1CC1)C(=O)C1COCCN1.Cl. The van der Waals surface area contributed by atoms with E-state index < -0.39 is 0 Å². The summed E-state index contributed by atoms with van der Waals surface area (Å²) in [5.41, 5.74) is 0. The third kappa shape index (κ3) is 3.61. The fraction of sp³-hybridized carbons (Fsp3) is 0.909. The number of likely N-dealkylation sites (N-methyl/N-ethyl adjacent to an activating group) is 1. The van der Waals surface area contributed by atoms with Gasteiger partial charge in [0.05, 0.1) is 13.2 Å². The summed E-state index contributed by atoms with van der Waals surface area (Å²) in [7, 11) is 0. The number of amides is 1. The van der Waals surface area contributed by atoms with Gasteiger partial charge in [-0.3, -0.25) is 4.79 Å². The maximum Gasteiger partial charge on any atom is 0.242 e. The lowest BCUT2D eigenvalue weighted by Crippen LogP contribution is -2.52. The molecule has 2 fully saturated rings. The molecule has 16 heavy (non-hydrogen) atoms. The van der Waals surface area contributed by atoms with Crippen LogP contribution in [0.3, 0.4) is 0 Å². The van der Waals surface area contributed by atoms with Gasteiger partial charge < -0.3 is 15.0 Å². The Balaban J connectivity index is 0.00000128. The molecule has 1 amide bonds. The number of carbonyl (C=O) groups excluding carboxylic acids is 1. The van der Waals surface area contributed by atoms with E-state index >= 15 is 0 Å². The van der Waals surface area contributed by atoms with Gasteiger partial charge in [-0.2, -0.15) is 0 Å². The van der Waals surface area contributed by atoms with Crippen LogP contribution in [0.5, 0.6) is 0 Å². The van der Waals surface area contributed by atoms with Crippen LogP contribution in [0.25, 0.3) is 0 Å². The third-order valence-corrected chi connectivity index (χ3v) is 3.09. The molecule has 94 valence electrons. The maximum absolute atomic E-state index is 12.1. The number of morpholine rings is 1. The van der Waals surface area contributed by atoms with Crippen LogP contribution >= 0.6 is 12.4 Å². The number of halogens is 1. The van der Waals surface area contributed by atoms with Gasteiger partial charge in [-0.1, -0.05) is 0 Å². The summed E-state index contributed by atoms with van der Waals surface area (Å²) < 4.78 is 5.31. The first kappa shape index (κ1) is 13.7. The highest BCUT2D eigenvalue weighted by molar-refractivity contribution is 5.85. The van der Waals surface area contributed by atoms with Gasteiger partial charge in [0.1, 0.15) is 6.04 Å². The first-order valence-electron chi connectivity index (χ1n) is 5.91. The summed E-state index contributed by atoms with van der Waals surface area (Å²) in [5.74, 6) is 0.975. The third-order valence-electron chi connectivity index (χ3n) is 3.09. The minimum absolute atomic E-state index is 0. The zero-order valence-corrected chi connectivity index (χ0v) is 10.6. The number of nitrogens with zero attached hydrogens (tertiary/aromatic N) is 1. The molecule has 1 aliphatic carbocycles. The second-order valence-corrected chi connectivity index (χ2v) is 4.40. The van der Waals surface area contributed by atoms with Gasteiger partial charge in [-0.15, -0.1) is 12.4 Å². The largest absolute Gasteiger partial charge is 0.378 e. The molecule has 1 saturated carbocycles. The Morgan fingerprint density at radius 3 is 2.75 bits per heavy atom. The van der Waals surface area contributed by atoms with E-state index in [9.17, 15) is 4.79 Å². The molecule has 1 aliphatic heterocycles. The lowest BCUT2D eigenvalue weighted by molar-refractivity contribution is -0.136. The summed E-state index contributed by atoms with van der Waals surface area (Å²) in [6.45, 7) is 5.83. The Kier molecular flexibility index (Phi) is 5.52. The summed E-state index contributed by atoms with van der Waals surface area (Å²) in [5, 5.41) is 3.21. The summed E-state index contributed by atoms with van der Waals surface area (Å²) in [6.07, 6.45) is 2.58. The monoisotopic (exact) mass is 248 g/mol. The fourth-order valence-electron chi connectivity index (χ4n) is 1.93. The van der Waals surface area contributed by atoms with E-state index in [2.05, 4.69) is 5.32 Å². The van der Waals surface area contributed by atoms with Gasteiger partial charge in [0.25, 0.3) is 0 Å². The first-order valence-corrected chi connectivity index (χ1v) is 5.91. The van der Waals surface area contributed by atoms with Crippen LogP contribution in [0, 0.1) is 5.92 Å². The molecule has 2 aliphatic rings. The van der Waals surface area contributed by atoms with Crippen LogP contribution in [-0.4, -0.2) is 49.7 Å². The van der Waals surface area contributed by atoms with Crippen molar-refractivity contribution in [3.63, 3.8) is 0 Å². The van der Waals surface area contributed by atoms with E-state index in [-0.39, 0.29) is 24.4 Å². The van der Waals surface area contributed by atoms with Gasteiger partial charge >= 0.3 is 0 Å². The van der Waals surface area contributed by atoms with Gasteiger partial charge in [-0.25, -0.2) is 0 Å². The second-order valence-electron chi connectivity index (χ2n) is 4.40. The predicted octanol–water partition coefficient (Wildman–Crippen LogP) is 0.655. The zero-order chi connectivity index (χ0) is 10.7. The number of hydrogen-bond donors (Lipinski definition) is 1. The van der Waals surface area contributed by atoms with Crippen LogP contribution in [0.15, 0.2) is 0 Å². The normalized spacial score (nSPS) is 24.7. The van der Waals surface area contributed by atoms with Crippen molar-refractivity contribution in [2.75, 3.05) is 32.8 Å². The van der Waals surface area contributed by atoms with E-state index in [1.54, 1.807) is 0 Å². The molecular weight excluding hydrogens is 228 g/mol. The molecule has 2 rings (SSSR count). The van der Waals surface area contributed by atoms with Crippen molar-refractivity contribution in [3.8, 4) is 0 Å². The van der Waals surface area contributed by atoms with Crippen LogP contribution in [0.4, 0.5) is 0 Å². The van der Waals surface area contributed by atoms with Gasteiger partial charge in [0.15, 0.2) is 0 Å². The van der Waals surface area contributed by atoms with E-state index in [0.29, 0.717) is 6.61 Å². The van der Waals surface area contributed by atoms with Gasteiger partial charge in [-0.05, 0) is 25.7 Å². The van der Waals surface area contributed by atoms with Crippen molar-refractivity contribution in [1.82, 2.24) is 10.2 Å². The standard InChI is InChI=1S/C11H20N2O2.ClH/c1-2-13(7-9-3-4-9)11(14)10-8-15-6-5-12-10;/h9-10,12H,2-8H2,1H3;1H. The molecule has 1 atom stereocenters. The van der Waals surface area contributed by atoms with Crippen molar-refractivity contribution in [2.45, 2.75) is 25.8 Å². The molecule has 1 saturated heterocycles. The summed E-state index contributed by atoms with van der Waals surface area (Å²) in [4.78, 5) is 14.0. The van der Waals surface area contributed by atoms with E-state index in [1.807, 2.05) is 11.8 Å². The van der Waals surface area contributed by atoms with Crippen LogP contribution in [0.2, 0.25) is 0 Å². The highest BCUT2D eigenvalue weighted by Gasteiger charge is 2.30. The first-order chi connectivity index (χ1) is 7.31. The second kappa shape index (κ2) is 6.42. The lowest BCUT2D eigenvalue weighted by Gasteiger charge is -2.29. The van der Waals surface area contributed by atoms with E-state index in [0.717, 1.165) is 32.2 Å². The Labute approximate surface area is 103 Å². The molecule has 0 aromatic carbocycles. The minimum Gasteiger partial charge on any atom is -0.378 e. The smallest absolute Gasteiger partial charge is 0.242 e. The molecule has 1 N–H and O–H groups in total. The van der Waals surface area contributed by atoms with Crippen molar-refractivity contribution in [1.29, 1.82) is 0 Å². The molecule has 1 unspecified atom stereocenters. The van der Waals surface area contributed by atoms with Crippen molar-refractivity contribution in [2.24, 2.45) is 5.92 Å². The average molecular weight is 249 g/mol. The molecule has 0 aromatic rings. The molecule has 0 spiro atoms. The molecule has 0 bridgehead atoms. The summed E-state index contributed by atoms with van der Waals surface area (Å²) >= 11 is 0. The number of nitrogens with one attached hydrogen (secondary N) is 1. The minimum atomic E-state index is -0.113. The van der Waals surface area contributed by atoms with Gasteiger partial charge in [0.2, 0.25) is 5.91 Å². The van der Waals surface area contributed by atoms with E-state index in [4.69, 9.17) is 4.74 Å². The fourth-order valence-corrected chi connectivity index (χ4v) is 1.93. The molecular formula is C11H21ClN2O2. The Morgan fingerprint density at radius 1 is 1.50 bits per heavy atom. The number of rotatable bonds is 4. The number of ether oxygens (including phenoxy) is 1. The zero-order valence-electron chi connectivity index (χ0n) is 9.78. The Bertz CT molecular complexity index is 228. The molecule has 0 aromatic heterocycles. The topological polar surface area (TPSA) is 41.6 Å².